The highest BCUT2D eigenvalue weighted by atomic mass is 35.5. The summed E-state index contributed by atoms with van der Waals surface area (Å²) >= 11 is 13.9. The van der Waals surface area contributed by atoms with Crippen LogP contribution in [0, 0.1) is 0 Å². The van der Waals surface area contributed by atoms with Gasteiger partial charge in [-0.2, -0.15) is 0 Å². The summed E-state index contributed by atoms with van der Waals surface area (Å²) in [5.41, 5.74) is 1.52. The Bertz CT molecular complexity index is 1230. The van der Waals surface area contributed by atoms with Crippen molar-refractivity contribution in [1.82, 2.24) is 10.2 Å². The lowest BCUT2D eigenvalue weighted by molar-refractivity contribution is -0.116. The van der Waals surface area contributed by atoms with Gasteiger partial charge < -0.3 is 10.4 Å². The number of hydrogen-bond donors (Lipinski definition) is 4. The molecule has 0 saturated heterocycles. The average Bonchev–Trinajstić information content (AvgIpc) is 3.33. The molecular formula is C20H15Cl2N3O3S. The number of nitrogens with one attached hydrogen (secondary N) is 3. The van der Waals surface area contributed by atoms with Crippen LogP contribution in [0.15, 0.2) is 45.7 Å². The van der Waals surface area contributed by atoms with Gasteiger partial charge in [0.1, 0.15) is 11.6 Å². The number of allylic oxidation sites excluding steroid dienone is 2. The van der Waals surface area contributed by atoms with Gasteiger partial charge in [-0.15, -0.1) is 11.3 Å². The summed E-state index contributed by atoms with van der Waals surface area (Å²) in [5, 5.41) is 21.6. The zero-order valence-electron chi connectivity index (χ0n) is 14.9. The molecule has 3 aromatic rings. The summed E-state index contributed by atoms with van der Waals surface area (Å²) in [6, 6.07) is 6.98. The number of H-pyrrole nitrogens is 2. The number of thiophene rings is 1. The van der Waals surface area contributed by atoms with E-state index in [1.165, 1.54) is 6.07 Å². The summed E-state index contributed by atoms with van der Waals surface area (Å²) in [5.74, 6) is -0.463. The van der Waals surface area contributed by atoms with E-state index in [1.807, 2.05) is 17.5 Å². The van der Waals surface area contributed by atoms with E-state index in [-0.39, 0.29) is 28.0 Å². The molecule has 9 heteroatoms. The predicted octanol–water partition coefficient (Wildman–Crippen LogP) is 4.74. The molecule has 1 aromatic carbocycles. The highest BCUT2D eigenvalue weighted by molar-refractivity contribution is 7.10. The van der Waals surface area contributed by atoms with E-state index >= 15 is 0 Å². The van der Waals surface area contributed by atoms with Crippen molar-refractivity contribution in [3.63, 3.8) is 0 Å². The standard InChI is InChI=1S/C20H15Cl2N3O3S/c21-9-6-10(18(27)11(22)7-9)15-16-12(23-19-17(15)20(28)25-24-19)4-8(5-13(16)26)14-2-1-3-29-14/h1-3,6-8,15,27H,4-5H2,(H3,23,24,25,28)/t8-,15+/m1/s1. The first-order chi connectivity index (χ1) is 13.9. The Hall–Kier alpha value is -2.48. The number of carbonyl (C=O) groups is 1. The van der Waals surface area contributed by atoms with Gasteiger partial charge in [0, 0.05) is 39.1 Å². The Kier molecular flexibility index (Phi) is 4.34. The van der Waals surface area contributed by atoms with Crippen LogP contribution in [0.5, 0.6) is 5.75 Å². The molecule has 2 aliphatic rings. The minimum atomic E-state index is -0.760. The van der Waals surface area contributed by atoms with E-state index in [0.29, 0.717) is 40.4 Å². The van der Waals surface area contributed by atoms with Crippen molar-refractivity contribution in [3.8, 4) is 5.75 Å². The predicted molar refractivity (Wildman–Crippen MR) is 113 cm³/mol. The molecule has 0 radical (unpaired) electrons. The number of ketones is 1. The molecule has 29 heavy (non-hydrogen) atoms. The molecule has 2 aromatic heterocycles. The van der Waals surface area contributed by atoms with E-state index in [0.717, 1.165) is 10.6 Å². The molecule has 5 rings (SSSR count). The third-order valence-corrected chi connectivity index (χ3v) is 7.03. The number of halogens is 2. The highest BCUT2D eigenvalue weighted by Crippen LogP contribution is 2.50. The number of phenols is 1. The number of anilines is 1. The van der Waals surface area contributed by atoms with Crippen molar-refractivity contribution in [2.24, 2.45) is 0 Å². The second-order valence-corrected chi connectivity index (χ2v) is 9.01. The second kappa shape index (κ2) is 6.79. The normalized spacial score (nSPS) is 21.0. The fourth-order valence-corrected chi connectivity index (χ4v) is 5.60. The summed E-state index contributed by atoms with van der Waals surface area (Å²) in [4.78, 5) is 27.0. The van der Waals surface area contributed by atoms with E-state index in [2.05, 4.69) is 15.5 Å². The number of Topliss-reactive ketones (excluding diaryl/α,β-unsaturated/α-hetero) is 1. The van der Waals surface area contributed by atoms with E-state index in [1.54, 1.807) is 17.4 Å². The maximum atomic E-state index is 13.3. The van der Waals surface area contributed by atoms with Gasteiger partial charge in [-0.1, -0.05) is 29.3 Å². The third-order valence-electron chi connectivity index (χ3n) is 5.49. The number of rotatable bonds is 2. The maximum Gasteiger partial charge on any atom is 0.270 e. The van der Waals surface area contributed by atoms with Crippen LogP contribution in [0.3, 0.4) is 0 Å². The Morgan fingerprint density at radius 3 is 2.72 bits per heavy atom. The van der Waals surface area contributed by atoms with Gasteiger partial charge in [-0.25, -0.2) is 0 Å². The largest absolute Gasteiger partial charge is 0.506 e. The molecule has 0 amide bonds. The topological polar surface area (TPSA) is 98.0 Å². The van der Waals surface area contributed by atoms with Crippen molar-refractivity contribution in [1.29, 1.82) is 0 Å². The molecule has 1 aliphatic heterocycles. The van der Waals surface area contributed by atoms with Crippen LogP contribution in [0.4, 0.5) is 5.82 Å². The summed E-state index contributed by atoms with van der Waals surface area (Å²) in [7, 11) is 0. The first kappa shape index (κ1) is 18.5. The van der Waals surface area contributed by atoms with Crippen LogP contribution < -0.4 is 10.9 Å². The maximum absolute atomic E-state index is 13.3. The fraction of sp³-hybridized carbons (Fsp3) is 0.200. The highest BCUT2D eigenvalue weighted by Gasteiger charge is 2.41. The molecular weight excluding hydrogens is 433 g/mol. The number of aromatic hydroxyl groups is 1. The number of carbonyl (C=O) groups excluding carboxylic acids is 1. The van der Waals surface area contributed by atoms with Gasteiger partial charge in [-0.3, -0.25) is 19.8 Å². The summed E-state index contributed by atoms with van der Waals surface area (Å²) < 4.78 is 0. The van der Waals surface area contributed by atoms with Crippen molar-refractivity contribution < 1.29 is 9.90 Å². The smallest absolute Gasteiger partial charge is 0.270 e. The van der Waals surface area contributed by atoms with Crippen LogP contribution >= 0.6 is 34.5 Å². The van der Waals surface area contributed by atoms with Crippen molar-refractivity contribution in [2.75, 3.05) is 5.32 Å². The molecule has 0 bridgehead atoms. The van der Waals surface area contributed by atoms with E-state index < -0.39 is 5.92 Å². The van der Waals surface area contributed by atoms with Crippen molar-refractivity contribution in [2.45, 2.75) is 24.7 Å². The van der Waals surface area contributed by atoms with Gasteiger partial charge in [-0.05, 0) is 30.0 Å². The Morgan fingerprint density at radius 2 is 1.97 bits per heavy atom. The molecule has 2 atom stereocenters. The van der Waals surface area contributed by atoms with Gasteiger partial charge in [0.15, 0.2) is 5.78 Å². The molecule has 3 heterocycles. The third kappa shape index (κ3) is 2.92. The van der Waals surface area contributed by atoms with Gasteiger partial charge in [0.2, 0.25) is 0 Å². The van der Waals surface area contributed by atoms with Gasteiger partial charge in [0.25, 0.3) is 5.56 Å². The average molecular weight is 448 g/mol. The molecule has 0 saturated carbocycles. The molecule has 6 nitrogen and oxygen atoms in total. The van der Waals surface area contributed by atoms with Crippen molar-refractivity contribution in [3.05, 3.63) is 77.3 Å². The molecule has 148 valence electrons. The minimum Gasteiger partial charge on any atom is -0.506 e. The second-order valence-electron chi connectivity index (χ2n) is 7.19. The van der Waals surface area contributed by atoms with Crippen molar-refractivity contribution >= 4 is 46.1 Å². The summed E-state index contributed by atoms with van der Waals surface area (Å²) in [6.45, 7) is 0. The fourth-order valence-electron chi connectivity index (χ4n) is 4.26. The zero-order valence-corrected chi connectivity index (χ0v) is 17.2. The van der Waals surface area contributed by atoms with Gasteiger partial charge in [0.05, 0.1) is 16.5 Å². The lowest BCUT2D eigenvalue weighted by Gasteiger charge is -2.34. The quantitative estimate of drug-likeness (QED) is 0.456. The monoisotopic (exact) mass is 447 g/mol. The number of hydrogen-bond acceptors (Lipinski definition) is 5. The lowest BCUT2D eigenvalue weighted by atomic mass is 9.73. The SMILES string of the molecule is O=C1C[C@H](c2cccs2)CC2=C1[C@H](c1cc(Cl)cc(Cl)c1O)c1c([nH][nH]c1=O)N2. The Labute approximate surface area is 179 Å². The van der Waals surface area contributed by atoms with Crippen LogP contribution in [0.2, 0.25) is 10.0 Å². The first-order valence-electron chi connectivity index (χ1n) is 8.99. The molecule has 0 fully saturated rings. The van der Waals surface area contributed by atoms with Crippen LogP contribution in [0.1, 0.15) is 40.7 Å². The Balaban J connectivity index is 1.71. The molecule has 1 aliphatic carbocycles. The first-order valence-corrected chi connectivity index (χ1v) is 10.6. The minimum absolute atomic E-state index is 0.0658. The molecule has 0 unspecified atom stereocenters. The summed E-state index contributed by atoms with van der Waals surface area (Å²) in [6.07, 6.45) is 0.962. The van der Waals surface area contributed by atoms with Crippen LogP contribution in [0.25, 0.3) is 0 Å². The number of fused-ring (bicyclic) bond motifs is 1. The molecule has 4 N–H and O–H groups in total. The Morgan fingerprint density at radius 1 is 1.14 bits per heavy atom. The number of benzene rings is 1. The molecule has 0 spiro atoms. The van der Waals surface area contributed by atoms with E-state index in [4.69, 9.17) is 23.2 Å². The van der Waals surface area contributed by atoms with Gasteiger partial charge >= 0.3 is 0 Å². The van der Waals surface area contributed by atoms with Crippen LogP contribution in [-0.2, 0) is 4.79 Å². The zero-order chi connectivity index (χ0) is 20.3. The number of aromatic amines is 2. The lowest BCUT2D eigenvalue weighted by Crippen LogP contribution is -2.31. The number of phenolic OH excluding ortho intramolecular Hbond substituents is 1. The number of aromatic nitrogens is 2. The van der Waals surface area contributed by atoms with E-state index in [9.17, 15) is 14.7 Å². The van der Waals surface area contributed by atoms with Crippen LogP contribution in [-0.4, -0.2) is 21.1 Å².